The van der Waals surface area contributed by atoms with Crippen molar-refractivity contribution >= 4 is 43.2 Å². The first-order chi connectivity index (χ1) is 8.16. The topological polar surface area (TPSA) is 0 Å². The van der Waals surface area contributed by atoms with E-state index in [1.165, 1.54) is 59.2 Å². The third-order valence-corrected chi connectivity index (χ3v) is 7.24. The highest BCUT2D eigenvalue weighted by molar-refractivity contribution is 9.10. The van der Waals surface area contributed by atoms with Gasteiger partial charge in [-0.05, 0) is 47.7 Å². The highest BCUT2D eigenvalue weighted by atomic mass is 79.9. The van der Waals surface area contributed by atoms with Crippen LogP contribution in [0, 0.1) is 12.8 Å². The second-order valence-electron chi connectivity index (χ2n) is 5.10. The van der Waals surface area contributed by atoms with Gasteiger partial charge in [-0.15, -0.1) is 11.3 Å². The molecule has 1 aromatic heterocycles. The van der Waals surface area contributed by atoms with Crippen molar-refractivity contribution in [2.75, 3.05) is 0 Å². The Morgan fingerprint density at radius 3 is 2.65 bits per heavy atom. The average molecular weight is 380 g/mol. The first-order valence-corrected chi connectivity index (χ1v) is 9.09. The minimum absolute atomic E-state index is 0.555. The van der Waals surface area contributed by atoms with Crippen molar-refractivity contribution in [2.24, 2.45) is 5.92 Å². The van der Waals surface area contributed by atoms with Crippen molar-refractivity contribution in [3.05, 3.63) is 20.3 Å². The summed E-state index contributed by atoms with van der Waals surface area (Å²) in [6.07, 6.45) is 10.00. The molecule has 96 valence electrons. The largest absolute Gasteiger partial charge is 0.143 e. The Morgan fingerprint density at radius 2 is 2.06 bits per heavy atom. The van der Waals surface area contributed by atoms with Crippen molar-refractivity contribution in [3.63, 3.8) is 0 Å². The zero-order valence-electron chi connectivity index (χ0n) is 10.3. The number of hydrogen-bond donors (Lipinski definition) is 0. The Bertz CT molecular complexity index is 334. The van der Waals surface area contributed by atoms with Gasteiger partial charge in [0, 0.05) is 19.1 Å². The van der Waals surface area contributed by atoms with Crippen LogP contribution in [0.4, 0.5) is 0 Å². The molecule has 1 fully saturated rings. The highest BCUT2D eigenvalue weighted by Gasteiger charge is 2.17. The van der Waals surface area contributed by atoms with Gasteiger partial charge in [0.1, 0.15) is 0 Å². The second kappa shape index (κ2) is 6.72. The lowest BCUT2D eigenvalue weighted by molar-refractivity contribution is 0.332. The molecule has 1 heterocycles. The summed E-state index contributed by atoms with van der Waals surface area (Å²) in [6.45, 7) is 2.18. The molecule has 0 aliphatic heterocycles. The fraction of sp³-hybridized carbons (Fsp3) is 0.714. The van der Waals surface area contributed by atoms with Crippen LogP contribution in [-0.2, 0) is 0 Å². The zero-order valence-corrected chi connectivity index (χ0v) is 14.3. The van der Waals surface area contributed by atoms with E-state index in [1.807, 2.05) is 11.3 Å². The van der Waals surface area contributed by atoms with Crippen molar-refractivity contribution in [1.82, 2.24) is 0 Å². The van der Waals surface area contributed by atoms with E-state index in [2.05, 4.69) is 44.8 Å². The Balaban J connectivity index is 1.82. The summed E-state index contributed by atoms with van der Waals surface area (Å²) in [5, 5.41) is 0. The third-order valence-electron chi connectivity index (χ3n) is 3.74. The summed E-state index contributed by atoms with van der Waals surface area (Å²) in [4.78, 5) is 3.42. The van der Waals surface area contributed by atoms with Crippen LogP contribution in [0.25, 0.3) is 0 Å². The number of aryl methyl sites for hydroxylation is 1. The average Bonchev–Trinajstić information content (AvgIpc) is 2.68. The van der Waals surface area contributed by atoms with Gasteiger partial charge in [-0.1, -0.05) is 48.0 Å². The second-order valence-corrected chi connectivity index (χ2v) is 8.35. The molecule has 1 atom stereocenters. The molecule has 0 saturated heterocycles. The number of thiophene rings is 1. The Morgan fingerprint density at radius 1 is 1.35 bits per heavy atom. The molecule has 0 N–H and O–H groups in total. The lowest BCUT2D eigenvalue weighted by Gasteiger charge is -2.22. The molecule has 0 nitrogen and oxygen atoms in total. The number of halogens is 2. The van der Waals surface area contributed by atoms with E-state index in [0.29, 0.717) is 4.83 Å². The quantitative estimate of drug-likeness (QED) is 0.516. The maximum atomic E-state index is 3.85. The summed E-state index contributed by atoms with van der Waals surface area (Å²) in [6, 6.07) is 2.28. The highest BCUT2D eigenvalue weighted by Crippen LogP contribution is 2.39. The normalized spacial score (nSPS) is 19.5. The SMILES string of the molecule is Cc1sc(C(Br)CCC2CCCCC2)cc1Br. The fourth-order valence-corrected chi connectivity index (χ4v) is 4.89. The number of alkyl halides is 1. The van der Waals surface area contributed by atoms with Crippen molar-refractivity contribution in [1.29, 1.82) is 0 Å². The molecule has 1 aliphatic carbocycles. The van der Waals surface area contributed by atoms with Gasteiger partial charge in [0.2, 0.25) is 0 Å². The van der Waals surface area contributed by atoms with Crippen LogP contribution < -0.4 is 0 Å². The first-order valence-electron chi connectivity index (χ1n) is 6.56. The third kappa shape index (κ3) is 4.07. The maximum Gasteiger partial charge on any atom is 0.0489 e. The molecule has 0 radical (unpaired) electrons. The molecule has 0 spiro atoms. The van der Waals surface area contributed by atoms with Crippen molar-refractivity contribution in [2.45, 2.75) is 56.7 Å². The van der Waals surface area contributed by atoms with Crippen molar-refractivity contribution < 1.29 is 0 Å². The molecular formula is C14H20Br2S. The van der Waals surface area contributed by atoms with Gasteiger partial charge >= 0.3 is 0 Å². The van der Waals surface area contributed by atoms with Crippen molar-refractivity contribution in [3.8, 4) is 0 Å². The summed E-state index contributed by atoms with van der Waals surface area (Å²) in [5.74, 6) is 0.994. The molecule has 0 amide bonds. The summed E-state index contributed by atoms with van der Waals surface area (Å²) < 4.78 is 1.26. The predicted molar refractivity (Wildman–Crippen MR) is 84.2 cm³/mol. The molecule has 0 aromatic carbocycles. The molecule has 0 bridgehead atoms. The predicted octanol–water partition coefficient (Wildman–Crippen LogP) is 6.62. The van der Waals surface area contributed by atoms with Crippen LogP contribution in [0.2, 0.25) is 0 Å². The molecule has 17 heavy (non-hydrogen) atoms. The van der Waals surface area contributed by atoms with Crippen LogP contribution in [0.1, 0.15) is 59.5 Å². The van der Waals surface area contributed by atoms with Crippen LogP contribution in [-0.4, -0.2) is 0 Å². The molecule has 1 saturated carbocycles. The van der Waals surface area contributed by atoms with Crippen LogP contribution in [0.3, 0.4) is 0 Å². The van der Waals surface area contributed by atoms with Gasteiger partial charge in [0.05, 0.1) is 0 Å². The van der Waals surface area contributed by atoms with E-state index >= 15 is 0 Å². The van der Waals surface area contributed by atoms with Gasteiger partial charge in [0.15, 0.2) is 0 Å². The molecule has 1 aliphatic rings. The number of rotatable bonds is 4. The van der Waals surface area contributed by atoms with E-state index in [-0.39, 0.29) is 0 Å². The Labute approximate surface area is 125 Å². The van der Waals surface area contributed by atoms with Crippen LogP contribution >= 0.6 is 43.2 Å². The first kappa shape index (κ1) is 14.1. The van der Waals surface area contributed by atoms with E-state index < -0.39 is 0 Å². The van der Waals surface area contributed by atoms with Crippen LogP contribution in [0.15, 0.2) is 10.5 Å². The smallest absolute Gasteiger partial charge is 0.0489 e. The molecule has 1 unspecified atom stereocenters. The monoisotopic (exact) mass is 378 g/mol. The molecule has 1 aromatic rings. The van der Waals surface area contributed by atoms with E-state index in [9.17, 15) is 0 Å². The van der Waals surface area contributed by atoms with Crippen LogP contribution in [0.5, 0.6) is 0 Å². The van der Waals surface area contributed by atoms with E-state index in [0.717, 1.165) is 5.92 Å². The molecule has 2 rings (SSSR count). The maximum absolute atomic E-state index is 3.85. The minimum Gasteiger partial charge on any atom is -0.143 e. The number of hydrogen-bond acceptors (Lipinski definition) is 1. The van der Waals surface area contributed by atoms with Gasteiger partial charge in [-0.3, -0.25) is 0 Å². The molecular weight excluding hydrogens is 360 g/mol. The van der Waals surface area contributed by atoms with Gasteiger partial charge in [0.25, 0.3) is 0 Å². The Kier molecular flexibility index (Phi) is 5.56. The summed E-state index contributed by atoms with van der Waals surface area (Å²) in [5.41, 5.74) is 0. The van der Waals surface area contributed by atoms with E-state index in [4.69, 9.17) is 0 Å². The van der Waals surface area contributed by atoms with E-state index in [1.54, 1.807) is 0 Å². The Hall–Kier alpha value is 0.660. The van der Waals surface area contributed by atoms with Gasteiger partial charge in [-0.25, -0.2) is 0 Å². The summed E-state index contributed by atoms with van der Waals surface area (Å²) in [7, 11) is 0. The van der Waals surface area contributed by atoms with Gasteiger partial charge < -0.3 is 0 Å². The molecule has 3 heteroatoms. The minimum atomic E-state index is 0.555. The summed E-state index contributed by atoms with van der Waals surface area (Å²) >= 11 is 9.37. The fourth-order valence-electron chi connectivity index (χ4n) is 2.64. The lowest BCUT2D eigenvalue weighted by Crippen LogP contribution is -2.06. The lowest BCUT2D eigenvalue weighted by atomic mass is 9.86. The van der Waals surface area contributed by atoms with Gasteiger partial charge in [-0.2, -0.15) is 0 Å². The standard InChI is InChI=1S/C14H20Br2S/c1-10-13(16)9-14(17-10)12(15)8-7-11-5-3-2-4-6-11/h9,11-12H,2-8H2,1H3. The zero-order chi connectivity index (χ0) is 12.3.